The van der Waals surface area contributed by atoms with Gasteiger partial charge in [0, 0.05) is 12.5 Å². The number of nitrogens with zero attached hydrogens (tertiary/aromatic N) is 1. The summed E-state index contributed by atoms with van der Waals surface area (Å²) < 4.78 is 0. The largest absolute Gasteiger partial charge is 0.481 e. The number of likely N-dealkylation sites (tertiary alicyclic amines) is 1. The van der Waals surface area contributed by atoms with Crippen molar-refractivity contribution in [3.8, 4) is 0 Å². The molecule has 0 radical (unpaired) electrons. The minimum absolute atomic E-state index is 0.269. The van der Waals surface area contributed by atoms with Crippen LogP contribution in [-0.4, -0.2) is 29.1 Å². The monoisotopic (exact) mass is 275 g/mol. The predicted octanol–water partition coefficient (Wildman–Crippen LogP) is 3.63. The summed E-state index contributed by atoms with van der Waals surface area (Å²) in [6.07, 6.45) is 3.49. The Bertz CT molecular complexity index is 441. The molecule has 3 heteroatoms. The third-order valence-corrected chi connectivity index (χ3v) is 4.29. The number of carboxylic acid groups (broad SMARTS) is 1. The van der Waals surface area contributed by atoms with Crippen LogP contribution in [0.2, 0.25) is 0 Å². The van der Waals surface area contributed by atoms with Gasteiger partial charge in [-0.15, -0.1) is 0 Å². The maximum atomic E-state index is 10.7. The summed E-state index contributed by atoms with van der Waals surface area (Å²) in [5.74, 6) is -0.0572. The van der Waals surface area contributed by atoms with Crippen molar-refractivity contribution in [2.75, 3.05) is 13.1 Å². The maximum absolute atomic E-state index is 10.7. The van der Waals surface area contributed by atoms with Crippen LogP contribution in [-0.2, 0) is 4.79 Å². The van der Waals surface area contributed by atoms with E-state index in [-0.39, 0.29) is 6.42 Å². The molecule has 1 aliphatic rings. The zero-order valence-corrected chi connectivity index (χ0v) is 12.5. The second-order valence-corrected chi connectivity index (χ2v) is 6.01. The van der Waals surface area contributed by atoms with Gasteiger partial charge >= 0.3 is 5.97 Å². The number of aliphatic carboxylic acids is 1. The SMILES string of the molecule is Cc1ccc([C@H]2[C@H](C)CCCN2CCCC(=O)O)cc1. The van der Waals surface area contributed by atoms with E-state index in [1.165, 1.54) is 24.0 Å². The number of benzene rings is 1. The fourth-order valence-corrected chi connectivity index (χ4v) is 3.26. The lowest BCUT2D eigenvalue weighted by molar-refractivity contribution is -0.137. The highest BCUT2D eigenvalue weighted by molar-refractivity contribution is 5.66. The Morgan fingerprint density at radius 2 is 2.05 bits per heavy atom. The first-order chi connectivity index (χ1) is 9.58. The lowest BCUT2D eigenvalue weighted by atomic mass is 9.85. The summed E-state index contributed by atoms with van der Waals surface area (Å²) in [5.41, 5.74) is 2.66. The van der Waals surface area contributed by atoms with Gasteiger partial charge in [-0.1, -0.05) is 36.8 Å². The molecule has 1 fully saturated rings. The van der Waals surface area contributed by atoms with Gasteiger partial charge in [0.1, 0.15) is 0 Å². The molecule has 0 unspecified atom stereocenters. The van der Waals surface area contributed by atoms with Gasteiger partial charge in [0.05, 0.1) is 0 Å². The van der Waals surface area contributed by atoms with E-state index in [9.17, 15) is 4.79 Å². The van der Waals surface area contributed by atoms with Crippen LogP contribution in [0.15, 0.2) is 24.3 Å². The van der Waals surface area contributed by atoms with Gasteiger partial charge in [0.25, 0.3) is 0 Å². The summed E-state index contributed by atoms with van der Waals surface area (Å²) in [6.45, 7) is 6.39. The Hall–Kier alpha value is -1.35. The second kappa shape index (κ2) is 6.89. The molecule has 1 aromatic carbocycles. The standard InChI is InChI=1S/C17H25NO2/c1-13-7-9-15(10-8-13)17-14(2)5-3-11-18(17)12-4-6-16(19)20/h7-10,14,17H,3-6,11-12H2,1-2H3,(H,19,20)/t14-,17-/m1/s1. The Labute approximate surface area is 121 Å². The van der Waals surface area contributed by atoms with Crippen LogP contribution < -0.4 is 0 Å². The van der Waals surface area contributed by atoms with Crippen LogP contribution in [0.4, 0.5) is 0 Å². The molecule has 3 nitrogen and oxygen atoms in total. The van der Waals surface area contributed by atoms with Crippen LogP contribution in [0.5, 0.6) is 0 Å². The van der Waals surface area contributed by atoms with Crippen molar-refractivity contribution in [2.24, 2.45) is 5.92 Å². The molecule has 1 aromatic rings. The summed E-state index contributed by atoms with van der Waals surface area (Å²) in [7, 11) is 0. The van der Waals surface area contributed by atoms with Crippen molar-refractivity contribution < 1.29 is 9.90 Å². The number of carbonyl (C=O) groups is 1. The first-order valence-electron chi connectivity index (χ1n) is 7.60. The lowest BCUT2D eigenvalue weighted by Gasteiger charge is -2.40. The first kappa shape index (κ1) is 15.0. The van der Waals surface area contributed by atoms with Gasteiger partial charge in [0.2, 0.25) is 0 Å². The van der Waals surface area contributed by atoms with E-state index in [1.807, 2.05) is 0 Å². The average Bonchev–Trinajstić information content (AvgIpc) is 2.40. The van der Waals surface area contributed by atoms with E-state index in [0.29, 0.717) is 12.0 Å². The highest BCUT2D eigenvalue weighted by Gasteiger charge is 2.29. The fraction of sp³-hybridized carbons (Fsp3) is 0.588. The Balaban J connectivity index is 2.07. The molecule has 1 aliphatic heterocycles. The molecule has 0 aliphatic carbocycles. The molecular weight excluding hydrogens is 250 g/mol. The molecule has 1 saturated heterocycles. The number of hydrogen-bond donors (Lipinski definition) is 1. The van der Waals surface area contributed by atoms with Gasteiger partial charge in [-0.05, 0) is 50.8 Å². The predicted molar refractivity (Wildman–Crippen MR) is 80.8 cm³/mol. The van der Waals surface area contributed by atoms with Crippen LogP contribution in [0.25, 0.3) is 0 Å². The van der Waals surface area contributed by atoms with Crippen molar-refractivity contribution in [3.63, 3.8) is 0 Å². The van der Waals surface area contributed by atoms with Crippen molar-refractivity contribution in [3.05, 3.63) is 35.4 Å². The number of aryl methyl sites for hydroxylation is 1. The summed E-state index contributed by atoms with van der Waals surface area (Å²) in [4.78, 5) is 13.1. The molecule has 0 bridgehead atoms. The molecule has 2 atom stereocenters. The van der Waals surface area contributed by atoms with Crippen LogP contribution >= 0.6 is 0 Å². The van der Waals surface area contributed by atoms with Crippen molar-refractivity contribution in [1.29, 1.82) is 0 Å². The van der Waals surface area contributed by atoms with E-state index in [2.05, 4.69) is 43.0 Å². The molecule has 110 valence electrons. The van der Waals surface area contributed by atoms with Gasteiger partial charge in [-0.2, -0.15) is 0 Å². The lowest BCUT2D eigenvalue weighted by Crippen LogP contribution is -2.38. The minimum Gasteiger partial charge on any atom is -0.481 e. The minimum atomic E-state index is -0.693. The quantitative estimate of drug-likeness (QED) is 0.892. The molecule has 1 heterocycles. The molecule has 1 N–H and O–H groups in total. The van der Waals surface area contributed by atoms with Crippen molar-refractivity contribution in [1.82, 2.24) is 4.90 Å². The highest BCUT2D eigenvalue weighted by atomic mass is 16.4. The summed E-state index contributed by atoms with van der Waals surface area (Å²) >= 11 is 0. The van der Waals surface area contributed by atoms with Gasteiger partial charge in [-0.3, -0.25) is 9.69 Å². The third kappa shape index (κ3) is 3.83. The normalized spacial score (nSPS) is 23.7. The number of hydrogen-bond acceptors (Lipinski definition) is 2. The van der Waals surface area contributed by atoms with Gasteiger partial charge < -0.3 is 5.11 Å². The molecule has 2 rings (SSSR count). The summed E-state index contributed by atoms with van der Waals surface area (Å²) in [6, 6.07) is 9.24. The van der Waals surface area contributed by atoms with Gasteiger partial charge in [0.15, 0.2) is 0 Å². The Morgan fingerprint density at radius 3 is 2.70 bits per heavy atom. The number of piperidine rings is 1. The number of rotatable bonds is 5. The Morgan fingerprint density at radius 1 is 1.35 bits per heavy atom. The van der Waals surface area contributed by atoms with Crippen LogP contribution in [0, 0.1) is 12.8 Å². The van der Waals surface area contributed by atoms with Crippen LogP contribution in [0.1, 0.15) is 49.8 Å². The molecule has 20 heavy (non-hydrogen) atoms. The molecule has 0 saturated carbocycles. The average molecular weight is 275 g/mol. The summed E-state index contributed by atoms with van der Waals surface area (Å²) in [5, 5.41) is 8.79. The highest BCUT2D eigenvalue weighted by Crippen LogP contribution is 2.35. The van der Waals surface area contributed by atoms with E-state index in [1.54, 1.807) is 0 Å². The van der Waals surface area contributed by atoms with E-state index in [0.717, 1.165) is 19.5 Å². The topological polar surface area (TPSA) is 40.5 Å². The van der Waals surface area contributed by atoms with Gasteiger partial charge in [-0.25, -0.2) is 0 Å². The third-order valence-electron chi connectivity index (χ3n) is 4.29. The zero-order chi connectivity index (χ0) is 14.5. The van der Waals surface area contributed by atoms with Crippen molar-refractivity contribution in [2.45, 2.75) is 45.6 Å². The van der Waals surface area contributed by atoms with Crippen molar-refractivity contribution >= 4 is 5.97 Å². The molecule has 0 amide bonds. The molecular formula is C17H25NO2. The first-order valence-corrected chi connectivity index (χ1v) is 7.60. The fourth-order valence-electron chi connectivity index (χ4n) is 3.26. The van der Waals surface area contributed by atoms with Crippen LogP contribution in [0.3, 0.4) is 0 Å². The van der Waals surface area contributed by atoms with E-state index < -0.39 is 5.97 Å². The van der Waals surface area contributed by atoms with E-state index in [4.69, 9.17) is 5.11 Å². The molecule has 0 spiro atoms. The molecule has 0 aromatic heterocycles. The second-order valence-electron chi connectivity index (χ2n) is 6.01. The van der Waals surface area contributed by atoms with E-state index >= 15 is 0 Å². The Kier molecular flexibility index (Phi) is 5.18. The number of carboxylic acids is 1. The maximum Gasteiger partial charge on any atom is 0.303 e. The smallest absolute Gasteiger partial charge is 0.303 e. The zero-order valence-electron chi connectivity index (χ0n) is 12.5.